The molecule has 0 spiro atoms. The molecule has 0 amide bonds. The highest BCUT2D eigenvalue weighted by Crippen LogP contribution is 2.52. The molecule has 54 heavy (non-hydrogen) atoms. The molecule has 3 heteroatoms. The summed E-state index contributed by atoms with van der Waals surface area (Å²) in [6.07, 6.45) is 0. The molecule has 2 nitrogen and oxygen atoms in total. The van der Waals surface area contributed by atoms with Gasteiger partial charge in [-0.1, -0.05) is 135 Å². The molecule has 0 N–H and O–H groups in total. The molecule has 3 heterocycles. The third kappa shape index (κ3) is 4.58. The van der Waals surface area contributed by atoms with Crippen molar-refractivity contribution in [3.8, 4) is 27.9 Å². The van der Waals surface area contributed by atoms with Crippen LogP contribution in [0.25, 0.3) is 69.9 Å². The molecule has 0 saturated heterocycles. The predicted octanol–water partition coefficient (Wildman–Crippen LogP) is 14.6. The van der Waals surface area contributed by atoms with Gasteiger partial charge in [0.25, 0.3) is 0 Å². The number of rotatable bonds is 5. The number of hydrogen-bond donors (Lipinski definition) is 0. The van der Waals surface area contributed by atoms with Gasteiger partial charge in [-0.3, -0.25) is 0 Å². The molecule has 8 aromatic carbocycles. The minimum atomic E-state index is -0.124. The number of nitrogens with zero attached hydrogens (tertiary/aromatic N) is 2. The van der Waals surface area contributed by atoms with Crippen molar-refractivity contribution in [3.05, 3.63) is 193 Å². The number of para-hydroxylation sites is 3. The van der Waals surface area contributed by atoms with Gasteiger partial charge in [-0.2, -0.15) is 0 Å². The van der Waals surface area contributed by atoms with Crippen LogP contribution >= 0.6 is 11.3 Å². The average molecular weight is 709 g/mol. The SMILES string of the molecule is CC1(C)c2ccccc2-n2c3ccccc3c3c4sc5cc(-c6ccc(N(c7ccccc7)c7ccc(-c8ccccc8)cc7)cc6)ccc5c4cc1c32. The number of aromatic nitrogens is 1. The van der Waals surface area contributed by atoms with E-state index in [1.165, 1.54) is 81.0 Å². The molecule has 10 aromatic rings. The van der Waals surface area contributed by atoms with Crippen molar-refractivity contribution in [2.75, 3.05) is 4.90 Å². The molecule has 0 atom stereocenters. The molecule has 0 bridgehead atoms. The summed E-state index contributed by atoms with van der Waals surface area (Å²) in [6.45, 7) is 4.78. The van der Waals surface area contributed by atoms with Gasteiger partial charge in [-0.25, -0.2) is 0 Å². The van der Waals surface area contributed by atoms with Crippen LogP contribution in [0, 0.1) is 0 Å². The van der Waals surface area contributed by atoms with E-state index in [0.717, 1.165) is 17.1 Å². The smallest absolute Gasteiger partial charge is 0.0596 e. The van der Waals surface area contributed by atoms with Crippen LogP contribution < -0.4 is 4.90 Å². The van der Waals surface area contributed by atoms with Crippen molar-refractivity contribution >= 4 is 70.4 Å². The van der Waals surface area contributed by atoms with E-state index in [9.17, 15) is 0 Å². The molecule has 0 fully saturated rings. The van der Waals surface area contributed by atoms with Crippen molar-refractivity contribution < 1.29 is 0 Å². The van der Waals surface area contributed by atoms with Gasteiger partial charge in [0.1, 0.15) is 0 Å². The van der Waals surface area contributed by atoms with Gasteiger partial charge in [-0.05, 0) is 94.0 Å². The second-order valence-electron chi connectivity index (χ2n) is 15.0. The number of fused-ring (bicyclic) bond motifs is 9. The van der Waals surface area contributed by atoms with E-state index in [1.807, 2.05) is 11.3 Å². The van der Waals surface area contributed by atoms with Crippen LogP contribution in [0.4, 0.5) is 17.1 Å². The monoisotopic (exact) mass is 708 g/mol. The van der Waals surface area contributed by atoms with Crippen LogP contribution in [-0.4, -0.2) is 4.57 Å². The molecular weight excluding hydrogens is 673 g/mol. The zero-order valence-corrected chi connectivity index (χ0v) is 30.9. The van der Waals surface area contributed by atoms with E-state index >= 15 is 0 Å². The average Bonchev–Trinajstić information content (AvgIpc) is 3.77. The van der Waals surface area contributed by atoms with Crippen molar-refractivity contribution in [1.82, 2.24) is 4.57 Å². The molecule has 1 aliphatic rings. The Labute approximate surface area is 318 Å². The second kappa shape index (κ2) is 11.8. The fourth-order valence-electron chi connectivity index (χ4n) is 8.89. The molecular formula is C51H36N2S. The van der Waals surface area contributed by atoms with Crippen LogP contribution in [0.1, 0.15) is 25.0 Å². The number of hydrogen-bond acceptors (Lipinski definition) is 2. The van der Waals surface area contributed by atoms with E-state index in [1.54, 1.807) is 0 Å². The van der Waals surface area contributed by atoms with Crippen molar-refractivity contribution in [2.45, 2.75) is 19.3 Å². The van der Waals surface area contributed by atoms with Gasteiger partial charge in [0.05, 0.1) is 16.7 Å². The zero-order chi connectivity index (χ0) is 36.0. The summed E-state index contributed by atoms with van der Waals surface area (Å²) >= 11 is 1.93. The first-order valence-electron chi connectivity index (χ1n) is 18.7. The summed E-state index contributed by atoms with van der Waals surface area (Å²) in [5.74, 6) is 0. The topological polar surface area (TPSA) is 8.17 Å². The first-order valence-corrected chi connectivity index (χ1v) is 19.5. The van der Waals surface area contributed by atoms with E-state index < -0.39 is 0 Å². The van der Waals surface area contributed by atoms with E-state index in [2.05, 4.69) is 205 Å². The van der Waals surface area contributed by atoms with E-state index in [4.69, 9.17) is 0 Å². The van der Waals surface area contributed by atoms with Crippen molar-refractivity contribution in [2.24, 2.45) is 0 Å². The Morgan fingerprint density at radius 1 is 0.463 bits per heavy atom. The Morgan fingerprint density at radius 2 is 1.04 bits per heavy atom. The Hall–Kier alpha value is -6.42. The maximum atomic E-state index is 2.52. The van der Waals surface area contributed by atoms with Gasteiger partial charge in [-0.15, -0.1) is 11.3 Å². The van der Waals surface area contributed by atoms with Crippen molar-refractivity contribution in [1.29, 1.82) is 0 Å². The molecule has 2 aromatic heterocycles. The van der Waals surface area contributed by atoms with Crippen molar-refractivity contribution in [3.63, 3.8) is 0 Å². The predicted molar refractivity (Wildman–Crippen MR) is 231 cm³/mol. The lowest BCUT2D eigenvalue weighted by Gasteiger charge is -2.34. The first kappa shape index (κ1) is 31.1. The number of anilines is 3. The van der Waals surface area contributed by atoms with Crippen LogP contribution in [0.5, 0.6) is 0 Å². The van der Waals surface area contributed by atoms with Gasteiger partial charge >= 0.3 is 0 Å². The highest BCUT2D eigenvalue weighted by Gasteiger charge is 2.36. The maximum absolute atomic E-state index is 2.52. The van der Waals surface area contributed by atoms with Crippen LogP contribution in [0.15, 0.2) is 182 Å². The lowest BCUT2D eigenvalue weighted by molar-refractivity contribution is 0.631. The first-order chi connectivity index (χ1) is 26.5. The fourth-order valence-corrected chi connectivity index (χ4v) is 10.2. The van der Waals surface area contributed by atoms with Crippen LogP contribution in [-0.2, 0) is 5.41 Å². The summed E-state index contributed by atoms with van der Waals surface area (Å²) in [6, 6.07) is 66.6. The molecule has 0 unspecified atom stereocenters. The normalized spacial score (nSPS) is 13.1. The Bertz CT molecular complexity index is 3040. The maximum Gasteiger partial charge on any atom is 0.0596 e. The molecule has 1 aliphatic heterocycles. The van der Waals surface area contributed by atoms with E-state index in [0.29, 0.717) is 0 Å². The van der Waals surface area contributed by atoms with Gasteiger partial charge in [0.2, 0.25) is 0 Å². The van der Waals surface area contributed by atoms with Gasteiger partial charge in [0.15, 0.2) is 0 Å². The van der Waals surface area contributed by atoms with Gasteiger partial charge < -0.3 is 9.47 Å². The summed E-state index contributed by atoms with van der Waals surface area (Å²) in [5.41, 5.74) is 14.8. The summed E-state index contributed by atoms with van der Waals surface area (Å²) in [7, 11) is 0. The van der Waals surface area contributed by atoms with Crippen LogP contribution in [0.3, 0.4) is 0 Å². The van der Waals surface area contributed by atoms with Crippen LogP contribution in [0.2, 0.25) is 0 Å². The Kier molecular flexibility index (Phi) is 6.80. The third-order valence-electron chi connectivity index (χ3n) is 11.6. The number of benzene rings is 8. The lowest BCUT2D eigenvalue weighted by atomic mass is 9.74. The fraction of sp³-hybridized carbons (Fsp3) is 0.0588. The highest BCUT2D eigenvalue weighted by molar-refractivity contribution is 7.26. The minimum Gasteiger partial charge on any atom is -0.311 e. The lowest BCUT2D eigenvalue weighted by Crippen LogP contribution is -2.26. The third-order valence-corrected chi connectivity index (χ3v) is 12.8. The van der Waals surface area contributed by atoms with Gasteiger partial charge in [0, 0.05) is 53.4 Å². The molecule has 0 radical (unpaired) electrons. The highest BCUT2D eigenvalue weighted by atomic mass is 32.1. The summed E-state index contributed by atoms with van der Waals surface area (Å²) in [5, 5.41) is 5.39. The Balaban J connectivity index is 1.02. The Morgan fingerprint density at radius 3 is 1.78 bits per heavy atom. The summed E-state index contributed by atoms with van der Waals surface area (Å²) in [4.78, 5) is 2.33. The minimum absolute atomic E-state index is 0.124. The zero-order valence-electron chi connectivity index (χ0n) is 30.1. The summed E-state index contributed by atoms with van der Waals surface area (Å²) < 4.78 is 5.22. The standard InChI is InChI=1S/C51H36N2S/c1-51(2)43-18-10-12-20-46(43)53-45-19-11-9-17-41(45)48-49(53)44(51)32-42-40-30-25-36(31-47(40)54-50(42)48)35-23-28-39(29-24-35)52(37-15-7-4-8-16-37)38-26-21-34(22-27-38)33-13-5-3-6-14-33/h3-32H,1-2H3. The second-order valence-corrected chi connectivity index (χ2v) is 16.0. The largest absolute Gasteiger partial charge is 0.311 e. The molecule has 11 rings (SSSR count). The van der Waals surface area contributed by atoms with E-state index in [-0.39, 0.29) is 5.41 Å². The quantitative estimate of drug-likeness (QED) is 0.173. The molecule has 0 aliphatic carbocycles. The molecule has 0 saturated carbocycles. The number of thiophene rings is 1. The molecule has 256 valence electrons.